The standard InChI is InChI=1S/C18H20O/c1-4-14(2)19-18-13-9-8-12-17(18)15(3)16-10-6-5-7-11-16/h5-14H,3-4H2,1-2H3. The van der Waals surface area contributed by atoms with Crippen LogP contribution in [0.4, 0.5) is 0 Å². The smallest absolute Gasteiger partial charge is 0.127 e. The van der Waals surface area contributed by atoms with Gasteiger partial charge in [0.05, 0.1) is 6.10 Å². The van der Waals surface area contributed by atoms with Gasteiger partial charge in [0.2, 0.25) is 0 Å². The summed E-state index contributed by atoms with van der Waals surface area (Å²) in [7, 11) is 0. The minimum atomic E-state index is 0.213. The van der Waals surface area contributed by atoms with Crippen molar-refractivity contribution in [2.24, 2.45) is 0 Å². The third-order valence-electron chi connectivity index (χ3n) is 3.24. The summed E-state index contributed by atoms with van der Waals surface area (Å²) in [5, 5.41) is 0. The molecule has 0 fully saturated rings. The summed E-state index contributed by atoms with van der Waals surface area (Å²) in [6, 6.07) is 18.3. The van der Waals surface area contributed by atoms with Gasteiger partial charge in [0.1, 0.15) is 5.75 Å². The molecule has 2 rings (SSSR count). The molecule has 0 spiro atoms. The lowest BCUT2D eigenvalue weighted by Gasteiger charge is -2.17. The average molecular weight is 252 g/mol. The molecule has 0 saturated carbocycles. The quantitative estimate of drug-likeness (QED) is 0.733. The Bertz CT molecular complexity index is 543. The monoisotopic (exact) mass is 252 g/mol. The molecule has 0 saturated heterocycles. The van der Waals surface area contributed by atoms with Gasteiger partial charge in [0.15, 0.2) is 0 Å². The first-order chi connectivity index (χ1) is 9.22. The van der Waals surface area contributed by atoms with E-state index in [0.717, 1.165) is 28.9 Å². The highest BCUT2D eigenvalue weighted by molar-refractivity contribution is 5.81. The van der Waals surface area contributed by atoms with Gasteiger partial charge in [-0.3, -0.25) is 0 Å². The normalized spacial score (nSPS) is 11.9. The fourth-order valence-electron chi connectivity index (χ4n) is 1.91. The molecule has 0 radical (unpaired) electrons. The molecule has 0 aliphatic heterocycles. The number of hydrogen-bond acceptors (Lipinski definition) is 1. The van der Waals surface area contributed by atoms with Crippen molar-refractivity contribution in [3.8, 4) is 5.75 Å². The highest BCUT2D eigenvalue weighted by Crippen LogP contribution is 2.30. The molecule has 0 bridgehead atoms. The molecule has 0 aliphatic carbocycles. The van der Waals surface area contributed by atoms with E-state index in [0.29, 0.717) is 0 Å². The average Bonchev–Trinajstić information content (AvgIpc) is 2.48. The Kier molecular flexibility index (Phi) is 4.40. The molecular formula is C18H20O. The fraction of sp³-hybridized carbons (Fsp3) is 0.222. The molecule has 2 aromatic rings. The molecule has 19 heavy (non-hydrogen) atoms. The Morgan fingerprint density at radius 2 is 1.68 bits per heavy atom. The minimum Gasteiger partial charge on any atom is -0.490 e. The largest absolute Gasteiger partial charge is 0.490 e. The van der Waals surface area contributed by atoms with Crippen LogP contribution in [0.2, 0.25) is 0 Å². The van der Waals surface area contributed by atoms with Crippen molar-refractivity contribution in [1.29, 1.82) is 0 Å². The summed E-state index contributed by atoms with van der Waals surface area (Å²) in [4.78, 5) is 0. The SMILES string of the molecule is C=C(c1ccccc1)c1ccccc1OC(C)CC. The van der Waals surface area contributed by atoms with Crippen molar-refractivity contribution in [2.45, 2.75) is 26.4 Å². The summed E-state index contributed by atoms with van der Waals surface area (Å²) in [5.74, 6) is 0.908. The maximum Gasteiger partial charge on any atom is 0.127 e. The summed E-state index contributed by atoms with van der Waals surface area (Å²) in [5.41, 5.74) is 3.19. The second-order valence-electron chi connectivity index (χ2n) is 4.68. The van der Waals surface area contributed by atoms with Gasteiger partial charge >= 0.3 is 0 Å². The first-order valence-corrected chi connectivity index (χ1v) is 6.72. The molecular weight excluding hydrogens is 232 g/mol. The highest BCUT2D eigenvalue weighted by Gasteiger charge is 2.10. The number of ether oxygens (including phenoxy) is 1. The van der Waals surface area contributed by atoms with Crippen LogP contribution >= 0.6 is 0 Å². The van der Waals surface area contributed by atoms with Gasteiger partial charge in [-0.2, -0.15) is 0 Å². The van der Waals surface area contributed by atoms with Crippen LogP contribution in [-0.2, 0) is 0 Å². The van der Waals surface area contributed by atoms with Crippen LogP contribution in [0, 0.1) is 0 Å². The van der Waals surface area contributed by atoms with Gasteiger partial charge in [-0.25, -0.2) is 0 Å². The van der Waals surface area contributed by atoms with Gasteiger partial charge in [-0.15, -0.1) is 0 Å². The van der Waals surface area contributed by atoms with E-state index in [1.807, 2.05) is 36.4 Å². The summed E-state index contributed by atoms with van der Waals surface area (Å²) in [6.45, 7) is 8.42. The van der Waals surface area contributed by atoms with E-state index in [-0.39, 0.29) is 6.10 Å². The molecule has 0 amide bonds. The first-order valence-electron chi connectivity index (χ1n) is 6.72. The molecule has 0 N–H and O–H groups in total. The molecule has 1 atom stereocenters. The van der Waals surface area contributed by atoms with Gasteiger partial charge < -0.3 is 4.74 Å². The summed E-state index contributed by atoms with van der Waals surface area (Å²) < 4.78 is 5.98. The summed E-state index contributed by atoms with van der Waals surface area (Å²) in [6.07, 6.45) is 1.20. The molecule has 0 aliphatic rings. The molecule has 1 heteroatoms. The van der Waals surface area contributed by atoms with Crippen molar-refractivity contribution in [1.82, 2.24) is 0 Å². The van der Waals surface area contributed by atoms with Crippen LogP contribution < -0.4 is 4.74 Å². The Hall–Kier alpha value is -2.02. The van der Waals surface area contributed by atoms with E-state index in [4.69, 9.17) is 4.74 Å². The van der Waals surface area contributed by atoms with Crippen molar-refractivity contribution in [2.75, 3.05) is 0 Å². The summed E-state index contributed by atoms with van der Waals surface area (Å²) >= 11 is 0. The minimum absolute atomic E-state index is 0.213. The predicted octanol–water partition coefficient (Wildman–Crippen LogP) is 4.93. The zero-order valence-corrected chi connectivity index (χ0v) is 11.6. The maximum atomic E-state index is 5.98. The van der Waals surface area contributed by atoms with Crippen LogP contribution in [0.15, 0.2) is 61.2 Å². The highest BCUT2D eigenvalue weighted by atomic mass is 16.5. The van der Waals surface area contributed by atoms with Crippen LogP contribution in [0.1, 0.15) is 31.4 Å². The first kappa shape index (κ1) is 13.4. The molecule has 1 unspecified atom stereocenters. The fourth-order valence-corrected chi connectivity index (χ4v) is 1.91. The second-order valence-corrected chi connectivity index (χ2v) is 4.68. The van der Waals surface area contributed by atoms with E-state index in [9.17, 15) is 0 Å². The zero-order valence-electron chi connectivity index (χ0n) is 11.6. The molecule has 1 nitrogen and oxygen atoms in total. The lowest BCUT2D eigenvalue weighted by Crippen LogP contribution is -2.10. The Labute approximate surface area is 115 Å². The van der Waals surface area contributed by atoms with Crippen molar-refractivity contribution < 1.29 is 4.74 Å². The number of benzene rings is 2. The third kappa shape index (κ3) is 3.25. The van der Waals surface area contributed by atoms with Crippen LogP contribution in [0.3, 0.4) is 0 Å². The topological polar surface area (TPSA) is 9.23 Å². The van der Waals surface area contributed by atoms with E-state index in [2.05, 4.69) is 38.6 Å². The third-order valence-corrected chi connectivity index (χ3v) is 3.24. The van der Waals surface area contributed by atoms with Gasteiger partial charge in [-0.1, -0.05) is 62.0 Å². The van der Waals surface area contributed by atoms with E-state index in [1.54, 1.807) is 0 Å². The maximum absolute atomic E-state index is 5.98. The Balaban J connectivity index is 2.32. The van der Waals surface area contributed by atoms with E-state index >= 15 is 0 Å². The lowest BCUT2D eigenvalue weighted by atomic mass is 9.99. The Morgan fingerprint density at radius 3 is 2.37 bits per heavy atom. The predicted molar refractivity (Wildman–Crippen MR) is 81.4 cm³/mol. The van der Waals surface area contributed by atoms with Crippen molar-refractivity contribution >= 4 is 5.57 Å². The number of rotatable bonds is 5. The van der Waals surface area contributed by atoms with Crippen LogP contribution in [-0.4, -0.2) is 6.10 Å². The number of para-hydroxylation sites is 1. The van der Waals surface area contributed by atoms with Gasteiger partial charge in [0.25, 0.3) is 0 Å². The van der Waals surface area contributed by atoms with Gasteiger partial charge in [-0.05, 0) is 30.5 Å². The lowest BCUT2D eigenvalue weighted by molar-refractivity contribution is 0.217. The molecule has 2 aromatic carbocycles. The molecule has 98 valence electrons. The Morgan fingerprint density at radius 1 is 1.05 bits per heavy atom. The second kappa shape index (κ2) is 6.24. The van der Waals surface area contributed by atoms with E-state index < -0.39 is 0 Å². The van der Waals surface area contributed by atoms with Crippen molar-refractivity contribution in [3.63, 3.8) is 0 Å². The van der Waals surface area contributed by atoms with E-state index in [1.165, 1.54) is 0 Å². The number of hydrogen-bond donors (Lipinski definition) is 0. The van der Waals surface area contributed by atoms with Crippen LogP contribution in [0.5, 0.6) is 5.75 Å². The molecule has 0 aromatic heterocycles. The van der Waals surface area contributed by atoms with Gasteiger partial charge in [0, 0.05) is 5.56 Å². The van der Waals surface area contributed by atoms with Crippen molar-refractivity contribution in [3.05, 3.63) is 72.3 Å². The van der Waals surface area contributed by atoms with Crippen LogP contribution in [0.25, 0.3) is 5.57 Å². The zero-order chi connectivity index (χ0) is 13.7. The molecule has 0 heterocycles.